The Labute approximate surface area is 119 Å². The van der Waals surface area contributed by atoms with E-state index in [1.54, 1.807) is 0 Å². The molecular weight excluding hydrogens is 285 g/mol. The third-order valence-electron chi connectivity index (χ3n) is 3.15. The Balaban J connectivity index is 2.26. The van der Waals surface area contributed by atoms with Crippen LogP contribution in [0, 0.1) is 21.8 Å². The summed E-state index contributed by atoms with van der Waals surface area (Å²) in [5.74, 6) is -1.81. The second-order valence-electron chi connectivity index (χ2n) is 4.59. The highest BCUT2D eigenvalue weighted by Gasteiger charge is 2.25. The lowest BCUT2D eigenvalue weighted by Crippen LogP contribution is -2.14. The van der Waals surface area contributed by atoms with Crippen LogP contribution in [-0.4, -0.2) is 37.8 Å². The Kier molecular flexibility index (Phi) is 4.69. The van der Waals surface area contributed by atoms with E-state index in [1.807, 2.05) is 0 Å². The van der Waals surface area contributed by atoms with Gasteiger partial charge in [-0.25, -0.2) is 4.79 Å². The summed E-state index contributed by atoms with van der Waals surface area (Å²) >= 11 is 0. The maximum atomic E-state index is 13.7. The number of esters is 1. The fourth-order valence-electron chi connectivity index (χ4n) is 1.99. The van der Waals surface area contributed by atoms with Crippen molar-refractivity contribution >= 4 is 11.7 Å². The number of methoxy groups -OCH3 is 1. The summed E-state index contributed by atoms with van der Waals surface area (Å²) in [7, 11) is 1.13. The molecule has 1 aliphatic heterocycles. The van der Waals surface area contributed by atoms with Gasteiger partial charge in [-0.15, -0.1) is 0 Å². The van der Waals surface area contributed by atoms with Gasteiger partial charge in [-0.1, -0.05) is 0 Å². The number of carbonyl (C=O) groups excluding carboxylic acids is 1. The molecule has 8 heteroatoms. The molecule has 0 amide bonds. The highest BCUT2D eigenvalue weighted by molar-refractivity contribution is 5.93. The molecule has 1 atom stereocenters. The third kappa shape index (κ3) is 3.46. The molecule has 0 saturated carbocycles. The first-order valence-corrected chi connectivity index (χ1v) is 6.29. The minimum absolute atomic E-state index is 0.0724. The second kappa shape index (κ2) is 6.49. The smallest absolute Gasteiger partial charge is 0.341 e. The molecule has 1 heterocycles. The second-order valence-corrected chi connectivity index (χ2v) is 4.59. The number of halogens is 1. The molecule has 0 spiro atoms. The van der Waals surface area contributed by atoms with E-state index >= 15 is 0 Å². The van der Waals surface area contributed by atoms with Gasteiger partial charge in [0.1, 0.15) is 11.3 Å². The first-order chi connectivity index (χ1) is 10.0. The minimum atomic E-state index is -1.06. The summed E-state index contributed by atoms with van der Waals surface area (Å²) in [6.07, 6.45) is 0.809. The van der Waals surface area contributed by atoms with Gasteiger partial charge >= 0.3 is 11.7 Å². The summed E-state index contributed by atoms with van der Waals surface area (Å²) in [5.41, 5.74) is -0.975. The lowest BCUT2D eigenvalue weighted by molar-refractivity contribution is -0.387. The molecule has 0 bridgehead atoms. The van der Waals surface area contributed by atoms with Crippen molar-refractivity contribution in [3.05, 3.63) is 33.6 Å². The molecule has 0 radical (unpaired) electrons. The summed E-state index contributed by atoms with van der Waals surface area (Å²) < 4.78 is 28.8. The van der Waals surface area contributed by atoms with E-state index in [4.69, 9.17) is 9.47 Å². The van der Waals surface area contributed by atoms with E-state index in [0.29, 0.717) is 13.2 Å². The number of nitrogens with zero attached hydrogens (tertiary/aromatic N) is 1. The van der Waals surface area contributed by atoms with E-state index in [2.05, 4.69) is 4.74 Å². The Morgan fingerprint density at radius 3 is 2.90 bits per heavy atom. The van der Waals surface area contributed by atoms with Crippen LogP contribution in [0.5, 0.6) is 5.75 Å². The molecule has 1 aliphatic rings. The first kappa shape index (κ1) is 15.2. The average molecular weight is 299 g/mol. The maximum Gasteiger partial charge on any atom is 0.341 e. The van der Waals surface area contributed by atoms with Crippen LogP contribution in [0.15, 0.2) is 12.1 Å². The lowest BCUT2D eigenvalue weighted by atomic mass is 10.1. The third-order valence-corrected chi connectivity index (χ3v) is 3.15. The van der Waals surface area contributed by atoms with Crippen molar-refractivity contribution in [1.82, 2.24) is 0 Å². The van der Waals surface area contributed by atoms with Gasteiger partial charge in [0.2, 0.25) is 5.82 Å². The molecule has 1 aromatic rings. The largest absolute Gasteiger partial charge is 0.492 e. The molecule has 21 heavy (non-hydrogen) atoms. The molecule has 114 valence electrons. The number of nitro benzene ring substituents is 1. The average Bonchev–Trinajstić information content (AvgIpc) is 2.97. The molecule has 1 saturated heterocycles. The van der Waals surface area contributed by atoms with Crippen molar-refractivity contribution in [3.8, 4) is 5.75 Å². The molecule has 7 nitrogen and oxygen atoms in total. The van der Waals surface area contributed by atoms with Crippen LogP contribution >= 0.6 is 0 Å². The van der Waals surface area contributed by atoms with Crippen LogP contribution in [0.25, 0.3) is 0 Å². The van der Waals surface area contributed by atoms with Crippen molar-refractivity contribution in [2.45, 2.75) is 6.42 Å². The fourth-order valence-corrected chi connectivity index (χ4v) is 1.99. The molecule has 1 unspecified atom stereocenters. The minimum Gasteiger partial charge on any atom is -0.492 e. The van der Waals surface area contributed by atoms with E-state index < -0.39 is 22.4 Å². The quantitative estimate of drug-likeness (QED) is 0.469. The topological polar surface area (TPSA) is 87.9 Å². The standard InChI is InChI=1S/C13H14FNO6/c1-19-13(16)9-4-11(15(17)18)10(14)5-12(9)21-7-8-2-3-20-6-8/h4-5,8H,2-3,6-7H2,1H3. The van der Waals surface area contributed by atoms with Crippen LogP contribution in [-0.2, 0) is 9.47 Å². The summed E-state index contributed by atoms with van der Waals surface area (Å²) in [5, 5.41) is 10.7. The van der Waals surface area contributed by atoms with Gasteiger partial charge < -0.3 is 14.2 Å². The maximum absolute atomic E-state index is 13.7. The van der Waals surface area contributed by atoms with Crippen LogP contribution in [0.1, 0.15) is 16.8 Å². The summed E-state index contributed by atoms with van der Waals surface area (Å²) in [4.78, 5) is 21.5. The highest BCUT2D eigenvalue weighted by atomic mass is 19.1. The molecule has 0 aliphatic carbocycles. The number of hydrogen-bond acceptors (Lipinski definition) is 6. The molecule has 1 aromatic carbocycles. The molecular formula is C13H14FNO6. The zero-order valence-electron chi connectivity index (χ0n) is 11.3. The van der Waals surface area contributed by atoms with Crippen molar-refractivity contribution in [1.29, 1.82) is 0 Å². The van der Waals surface area contributed by atoms with Gasteiger partial charge in [-0.05, 0) is 6.42 Å². The Bertz CT molecular complexity index is 556. The number of benzene rings is 1. The summed E-state index contributed by atoms with van der Waals surface area (Å²) in [6.45, 7) is 1.40. The first-order valence-electron chi connectivity index (χ1n) is 6.29. The number of rotatable bonds is 5. The monoisotopic (exact) mass is 299 g/mol. The van der Waals surface area contributed by atoms with Gasteiger partial charge in [0.05, 0.1) is 25.2 Å². The van der Waals surface area contributed by atoms with Crippen LogP contribution in [0.2, 0.25) is 0 Å². The lowest BCUT2D eigenvalue weighted by Gasteiger charge is -2.13. The molecule has 2 rings (SSSR count). The van der Waals surface area contributed by atoms with Crippen LogP contribution < -0.4 is 4.74 Å². The van der Waals surface area contributed by atoms with E-state index in [0.717, 1.165) is 25.7 Å². The highest BCUT2D eigenvalue weighted by Crippen LogP contribution is 2.29. The van der Waals surface area contributed by atoms with E-state index in [1.165, 1.54) is 0 Å². The predicted molar refractivity (Wildman–Crippen MR) is 68.8 cm³/mol. The van der Waals surface area contributed by atoms with Crippen LogP contribution in [0.3, 0.4) is 0 Å². The number of nitro groups is 1. The van der Waals surface area contributed by atoms with Gasteiger partial charge in [0, 0.05) is 24.7 Å². The number of carbonyl (C=O) groups is 1. The van der Waals surface area contributed by atoms with Crippen molar-refractivity contribution in [2.75, 3.05) is 26.9 Å². The van der Waals surface area contributed by atoms with Gasteiger partial charge in [0.15, 0.2) is 0 Å². The Morgan fingerprint density at radius 2 is 2.33 bits per heavy atom. The Morgan fingerprint density at radius 1 is 1.57 bits per heavy atom. The number of hydrogen-bond donors (Lipinski definition) is 0. The van der Waals surface area contributed by atoms with Crippen molar-refractivity contribution < 1.29 is 28.3 Å². The number of ether oxygens (including phenoxy) is 3. The van der Waals surface area contributed by atoms with Crippen molar-refractivity contribution in [2.24, 2.45) is 5.92 Å². The van der Waals surface area contributed by atoms with E-state index in [-0.39, 0.29) is 23.8 Å². The summed E-state index contributed by atoms with van der Waals surface area (Å²) in [6, 6.07) is 1.65. The predicted octanol–water partition coefficient (Wildman–Crippen LogP) is 1.94. The zero-order chi connectivity index (χ0) is 15.4. The van der Waals surface area contributed by atoms with Gasteiger partial charge in [-0.3, -0.25) is 10.1 Å². The normalized spacial score (nSPS) is 17.5. The van der Waals surface area contributed by atoms with Gasteiger partial charge in [-0.2, -0.15) is 4.39 Å². The molecule has 1 fully saturated rings. The van der Waals surface area contributed by atoms with Crippen LogP contribution in [0.4, 0.5) is 10.1 Å². The molecule has 0 aromatic heterocycles. The van der Waals surface area contributed by atoms with E-state index in [9.17, 15) is 19.3 Å². The van der Waals surface area contributed by atoms with Crippen molar-refractivity contribution in [3.63, 3.8) is 0 Å². The SMILES string of the molecule is COC(=O)c1cc([N+](=O)[O-])c(F)cc1OCC1CCOC1. The van der Waals surface area contributed by atoms with Gasteiger partial charge in [0.25, 0.3) is 0 Å². The molecule has 0 N–H and O–H groups in total. The Hall–Kier alpha value is -2.22. The fraction of sp³-hybridized carbons (Fsp3) is 0.462. The zero-order valence-corrected chi connectivity index (χ0v) is 11.3.